The predicted octanol–water partition coefficient (Wildman–Crippen LogP) is 3.52. The van der Waals surface area contributed by atoms with Gasteiger partial charge in [0, 0.05) is 44.2 Å². The summed E-state index contributed by atoms with van der Waals surface area (Å²) in [5, 5.41) is 3.41. The van der Waals surface area contributed by atoms with Gasteiger partial charge in [-0.25, -0.2) is 0 Å². The minimum Gasteiger partial charge on any atom is -0.381 e. The van der Waals surface area contributed by atoms with Gasteiger partial charge in [-0.3, -0.25) is 9.69 Å². The van der Waals surface area contributed by atoms with E-state index >= 15 is 0 Å². The number of nitrogens with two attached hydrogens (primary N) is 1. The third-order valence-corrected chi connectivity index (χ3v) is 8.36. The molecule has 1 aliphatic heterocycles. The number of nitrogens with zero attached hydrogens (tertiary/aromatic N) is 1. The molecule has 2 atom stereocenters. The first kappa shape index (κ1) is 25.2. The van der Waals surface area contributed by atoms with Gasteiger partial charge in [-0.05, 0) is 63.2 Å². The monoisotopic (exact) mass is 449 g/mol. The first-order valence-corrected chi connectivity index (χ1v) is 11.4. The summed E-state index contributed by atoms with van der Waals surface area (Å²) in [5.41, 5.74) is 6.60. The highest BCUT2D eigenvalue weighted by molar-refractivity contribution is 5.85. The number of carbonyl (C=O) groups is 1. The molecule has 170 valence electrons. The molecule has 5 nitrogen and oxygen atoms in total. The Kier molecular flexibility index (Phi) is 9.55. The van der Waals surface area contributed by atoms with Crippen LogP contribution in [0.3, 0.4) is 0 Å². The van der Waals surface area contributed by atoms with Crippen LogP contribution in [0.25, 0.3) is 0 Å². The van der Waals surface area contributed by atoms with E-state index in [4.69, 9.17) is 10.5 Å². The van der Waals surface area contributed by atoms with Crippen molar-refractivity contribution >= 4 is 30.7 Å². The van der Waals surface area contributed by atoms with E-state index in [0.29, 0.717) is 29.9 Å². The molecule has 0 aromatic carbocycles. The van der Waals surface area contributed by atoms with Crippen molar-refractivity contribution < 1.29 is 9.53 Å². The third-order valence-electron chi connectivity index (χ3n) is 8.36. The largest absolute Gasteiger partial charge is 0.381 e. The maximum absolute atomic E-state index is 13.0. The van der Waals surface area contributed by atoms with Crippen molar-refractivity contribution in [1.29, 1.82) is 0 Å². The second-order valence-corrected chi connectivity index (χ2v) is 9.77. The van der Waals surface area contributed by atoms with Crippen LogP contribution >= 0.6 is 24.8 Å². The number of nitrogens with one attached hydrogen (secondary N) is 1. The van der Waals surface area contributed by atoms with Gasteiger partial charge in [0.05, 0.1) is 6.10 Å². The summed E-state index contributed by atoms with van der Waals surface area (Å²) < 4.78 is 5.55. The van der Waals surface area contributed by atoms with Crippen LogP contribution in [0, 0.1) is 17.8 Å². The molecule has 1 amide bonds. The van der Waals surface area contributed by atoms with Gasteiger partial charge in [0.15, 0.2) is 0 Å². The van der Waals surface area contributed by atoms with Crippen molar-refractivity contribution in [2.45, 2.75) is 88.3 Å². The second-order valence-electron chi connectivity index (χ2n) is 9.77. The van der Waals surface area contributed by atoms with Crippen LogP contribution in [-0.4, -0.2) is 55.2 Å². The normalized spacial score (nSPS) is 34.7. The number of halogens is 2. The Balaban J connectivity index is 0.00000150. The van der Waals surface area contributed by atoms with Crippen LogP contribution in [0.1, 0.15) is 70.6 Å². The Hall–Kier alpha value is -0.0700. The van der Waals surface area contributed by atoms with E-state index < -0.39 is 0 Å². The van der Waals surface area contributed by atoms with E-state index in [9.17, 15) is 4.79 Å². The van der Waals surface area contributed by atoms with E-state index in [1.54, 1.807) is 0 Å². The predicted molar refractivity (Wildman–Crippen MR) is 122 cm³/mol. The fourth-order valence-electron chi connectivity index (χ4n) is 6.60. The van der Waals surface area contributed by atoms with Crippen LogP contribution in [0.2, 0.25) is 0 Å². The molecule has 2 unspecified atom stereocenters. The fourth-order valence-corrected chi connectivity index (χ4v) is 6.60. The Morgan fingerprint density at radius 3 is 2.17 bits per heavy atom. The summed E-state index contributed by atoms with van der Waals surface area (Å²) in [4.78, 5) is 15.7. The van der Waals surface area contributed by atoms with Crippen LogP contribution in [0.4, 0.5) is 0 Å². The summed E-state index contributed by atoms with van der Waals surface area (Å²) in [7, 11) is 1.83. The summed E-state index contributed by atoms with van der Waals surface area (Å²) >= 11 is 0. The molecule has 0 spiro atoms. The molecule has 4 rings (SSSR count). The first-order valence-electron chi connectivity index (χ1n) is 11.4. The van der Waals surface area contributed by atoms with Crippen LogP contribution < -0.4 is 11.1 Å². The first-order chi connectivity index (χ1) is 13.1. The van der Waals surface area contributed by atoms with Crippen molar-refractivity contribution in [3.8, 4) is 0 Å². The number of piperidine rings is 1. The summed E-state index contributed by atoms with van der Waals surface area (Å²) in [6.45, 7) is 3.05. The summed E-state index contributed by atoms with van der Waals surface area (Å²) in [5.74, 6) is 1.64. The number of methoxy groups -OCH3 is 1. The molecule has 1 saturated heterocycles. The van der Waals surface area contributed by atoms with E-state index in [-0.39, 0.29) is 36.3 Å². The van der Waals surface area contributed by atoms with Crippen molar-refractivity contribution in [2.24, 2.45) is 23.5 Å². The van der Waals surface area contributed by atoms with Gasteiger partial charge in [-0.2, -0.15) is 0 Å². The number of ether oxygens (including phenoxy) is 1. The van der Waals surface area contributed by atoms with E-state index in [2.05, 4.69) is 10.2 Å². The quantitative estimate of drug-likeness (QED) is 0.673. The van der Waals surface area contributed by atoms with Crippen molar-refractivity contribution in [1.82, 2.24) is 10.2 Å². The van der Waals surface area contributed by atoms with Gasteiger partial charge in [-0.1, -0.05) is 19.3 Å². The molecule has 0 aromatic heterocycles. The minimum atomic E-state index is 0. The standard InChI is InChI=1S/C22H39N3O2.2ClH/c1-27-19-7-11-25(12-8-19)22(9-2-3-10-22)15-24-21(26)18-13-16-5-4-6-17(14-18)20(16)23;;/h16-20H,2-15,23H2,1H3,(H,24,26);2*1H. The zero-order valence-corrected chi connectivity index (χ0v) is 19.6. The van der Waals surface area contributed by atoms with Crippen LogP contribution in [-0.2, 0) is 9.53 Å². The second kappa shape index (κ2) is 11.0. The molecule has 0 radical (unpaired) electrons. The number of hydrogen-bond acceptors (Lipinski definition) is 4. The lowest BCUT2D eigenvalue weighted by Crippen LogP contribution is -2.58. The molecule has 7 heteroatoms. The van der Waals surface area contributed by atoms with Crippen LogP contribution in [0.15, 0.2) is 0 Å². The lowest BCUT2D eigenvalue weighted by atomic mass is 9.65. The van der Waals surface area contributed by atoms with E-state index in [0.717, 1.165) is 45.3 Å². The van der Waals surface area contributed by atoms with Crippen molar-refractivity contribution in [3.05, 3.63) is 0 Å². The highest BCUT2D eigenvalue weighted by atomic mass is 35.5. The molecular weight excluding hydrogens is 409 g/mol. The van der Waals surface area contributed by atoms with E-state index in [1.165, 1.54) is 44.9 Å². The third kappa shape index (κ3) is 5.41. The van der Waals surface area contributed by atoms with Crippen LogP contribution in [0.5, 0.6) is 0 Å². The zero-order chi connectivity index (χ0) is 18.9. The lowest BCUT2D eigenvalue weighted by Gasteiger charge is -2.46. The summed E-state index contributed by atoms with van der Waals surface area (Å²) in [6, 6.07) is 0.339. The molecule has 3 saturated carbocycles. The lowest BCUT2D eigenvalue weighted by molar-refractivity contribution is -0.128. The number of likely N-dealkylation sites (tertiary alicyclic amines) is 1. The number of hydrogen-bond donors (Lipinski definition) is 2. The number of carbonyl (C=O) groups excluding carboxylic acids is 1. The Morgan fingerprint density at radius 1 is 1.03 bits per heavy atom. The van der Waals surface area contributed by atoms with Crippen molar-refractivity contribution in [3.63, 3.8) is 0 Å². The highest BCUT2D eigenvalue weighted by Gasteiger charge is 2.43. The van der Waals surface area contributed by atoms with Gasteiger partial charge in [-0.15, -0.1) is 24.8 Å². The Morgan fingerprint density at radius 2 is 1.62 bits per heavy atom. The topological polar surface area (TPSA) is 67.6 Å². The van der Waals surface area contributed by atoms with Gasteiger partial charge in [0.25, 0.3) is 0 Å². The molecule has 0 aromatic rings. The highest BCUT2D eigenvalue weighted by Crippen LogP contribution is 2.42. The van der Waals surface area contributed by atoms with E-state index in [1.807, 2.05) is 7.11 Å². The average molecular weight is 450 g/mol. The van der Waals surface area contributed by atoms with Gasteiger partial charge in [0.1, 0.15) is 0 Å². The van der Waals surface area contributed by atoms with Crippen molar-refractivity contribution in [2.75, 3.05) is 26.7 Å². The maximum Gasteiger partial charge on any atom is 0.223 e. The smallest absolute Gasteiger partial charge is 0.223 e. The maximum atomic E-state index is 13.0. The van der Waals surface area contributed by atoms with Gasteiger partial charge < -0.3 is 15.8 Å². The average Bonchev–Trinajstić information content (AvgIpc) is 3.16. The van der Waals surface area contributed by atoms with Gasteiger partial charge in [0.2, 0.25) is 5.91 Å². The summed E-state index contributed by atoms with van der Waals surface area (Å²) in [6.07, 6.45) is 13.5. The van der Waals surface area contributed by atoms with Gasteiger partial charge >= 0.3 is 0 Å². The molecule has 2 bridgehead atoms. The molecule has 4 aliphatic rings. The molecule has 4 fully saturated rings. The molecule has 3 N–H and O–H groups in total. The molecule has 29 heavy (non-hydrogen) atoms. The number of fused-ring (bicyclic) bond motifs is 2. The molecule has 1 heterocycles. The Bertz CT molecular complexity index is 508. The fraction of sp³-hybridized carbons (Fsp3) is 0.955. The number of rotatable bonds is 5. The number of amides is 1. The minimum absolute atomic E-state index is 0. The molecular formula is C22H41Cl2N3O2. The SMILES string of the molecule is COC1CCN(C2(CNC(=O)C3CC4CCCC(C3)C4N)CCCC2)CC1.Cl.Cl. The zero-order valence-electron chi connectivity index (χ0n) is 17.9. The molecule has 3 aliphatic carbocycles. The Labute approximate surface area is 189 Å².